The van der Waals surface area contributed by atoms with E-state index in [1.807, 2.05) is 14.0 Å². The molecule has 9 nitrogen and oxygen atoms in total. The first-order chi connectivity index (χ1) is 12.6. The fourth-order valence-electron chi connectivity index (χ4n) is 2.97. The van der Waals surface area contributed by atoms with Crippen molar-refractivity contribution in [2.75, 3.05) is 33.3 Å². The molecule has 0 bridgehead atoms. The van der Waals surface area contributed by atoms with Crippen LogP contribution >= 0.6 is 11.3 Å². The van der Waals surface area contributed by atoms with Crippen LogP contribution in [0.15, 0.2) is 4.52 Å². The fraction of sp³-hybridized carbons (Fsp3) is 0.688. The minimum atomic E-state index is -0.0708. The highest BCUT2D eigenvalue weighted by atomic mass is 32.1. The molecule has 1 saturated carbocycles. The lowest BCUT2D eigenvalue weighted by molar-refractivity contribution is -0.139. The number of nitrogens with zero attached hydrogens (tertiary/aromatic N) is 6. The average Bonchev–Trinajstić information content (AvgIpc) is 3.22. The van der Waals surface area contributed by atoms with E-state index < -0.39 is 0 Å². The van der Waals surface area contributed by atoms with Crippen LogP contribution in [0, 0.1) is 6.92 Å². The van der Waals surface area contributed by atoms with Gasteiger partial charge < -0.3 is 14.2 Å². The molecule has 0 aromatic carbocycles. The maximum absolute atomic E-state index is 12.5. The van der Waals surface area contributed by atoms with Crippen molar-refractivity contribution in [2.45, 2.75) is 38.3 Å². The SMILES string of the molecule is Cc1nnc(COCC(=O)N2CCN(C)C(c3nc(C4CC4)no3)C2)s1. The van der Waals surface area contributed by atoms with E-state index in [1.165, 1.54) is 11.3 Å². The van der Waals surface area contributed by atoms with Gasteiger partial charge in [-0.2, -0.15) is 4.98 Å². The van der Waals surface area contributed by atoms with Gasteiger partial charge >= 0.3 is 0 Å². The van der Waals surface area contributed by atoms with E-state index in [-0.39, 0.29) is 18.6 Å². The van der Waals surface area contributed by atoms with Crippen molar-refractivity contribution in [1.29, 1.82) is 0 Å². The highest BCUT2D eigenvalue weighted by Crippen LogP contribution is 2.38. The van der Waals surface area contributed by atoms with Gasteiger partial charge in [-0.3, -0.25) is 9.69 Å². The standard InChI is InChI=1S/C16H22N6O3S/c1-10-18-19-13(26-10)8-24-9-14(23)22-6-5-21(2)12(7-22)16-17-15(20-25-16)11-3-4-11/h11-12H,3-9H2,1-2H3. The Kier molecular flexibility index (Phi) is 4.96. The Labute approximate surface area is 155 Å². The van der Waals surface area contributed by atoms with Gasteiger partial charge in [-0.15, -0.1) is 10.2 Å². The van der Waals surface area contributed by atoms with E-state index in [4.69, 9.17) is 9.26 Å². The van der Waals surface area contributed by atoms with Crippen LogP contribution in [0.2, 0.25) is 0 Å². The van der Waals surface area contributed by atoms with Crippen LogP contribution in [0.1, 0.15) is 46.5 Å². The topological polar surface area (TPSA) is 97.5 Å². The zero-order valence-corrected chi connectivity index (χ0v) is 15.7. The van der Waals surface area contributed by atoms with Gasteiger partial charge in [0, 0.05) is 25.6 Å². The predicted molar refractivity (Wildman–Crippen MR) is 92.5 cm³/mol. The van der Waals surface area contributed by atoms with Crippen molar-refractivity contribution >= 4 is 17.2 Å². The summed E-state index contributed by atoms with van der Waals surface area (Å²) in [6, 6.07) is -0.0708. The van der Waals surface area contributed by atoms with Crippen molar-refractivity contribution in [3.8, 4) is 0 Å². The Bertz CT molecular complexity index is 774. The second-order valence-corrected chi connectivity index (χ2v) is 8.08. The summed E-state index contributed by atoms with van der Waals surface area (Å²) in [5, 5.41) is 13.7. The summed E-state index contributed by atoms with van der Waals surface area (Å²) in [4.78, 5) is 21.0. The first-order valence-electron chi connectivity index (χ1n) is 8.78. The number of carbonyl (C=O) groups is 1. The van der Waals surface area contributed by atoms with E-state index in [0.717, 1.165) is 35.2 Å². The highest BCUT2D eigenvalue weighted by Gasteiger charge is 2.34. The van der Waals surface area contributed by atoms with Crippen LogP contribution in [-0.2, 0) is 16.1 Å². The molecule has 3 heterocycles. The Morgan fingerprint density at radius 3 is 2.92 bits per heavy atom. The minimum absolute atomic E-state index is 0.0339. The van der Waals surface area contributed by atoms with Gasteiger partial charge in [0.25, 0.3) is 0 Å². The molecule has 10 heteroatoms. The molecule has 1 amide bonds. The normalized spacial score (nSPS) is 21.3. The Hall–Kier alpha value is -1.91. The molecular weight excluding hydrogens is 356 g/mol. The third kappa shape index (κ3) is 3.92. The van der Waals surface area contributed by atoms with Crippen molar-refractivity contribution in [3.05, 3.63) is 21.7 Å². The Morgan fingerprint density at radius 2 is 2.19 bits per heavy atom. The molecule has 0 N–H and O–H groups in total. The van der Waals surface area contributed by atoms with Crippen molar-refractivity contribution in [2.24, 2.45) is 0 Å². The third-order valence-electron chi connectivity index (χ3n) is 4.70. The summed E-state index contributed by atoms with van der Waals surface area (Å²) in [5.41, 5.74) is 0. The van der Waals surface area contributed by atoms with Crippen molar-refractivity contribution in [1.82, 2.24) is 30.1 Å². The highest BCUT2D eigenvalue weighted by molar-refractivity contribution is 7.11. The number of rotatable bonds is 6. The molecule has 1 aliphatic carbocycles. The monoisotopic (exact) mass is 378 g/mol. The number of ether oxygens (including phenoxy) is 1. The van der Waals surface area contributed by atoms with Gasteiger partial charge in [0.15, 0.2) is 5.82 Å². The average molecular weight is 378 g/mol. The zero-order chi connectivity index (χ0) is 18.1. The fourth-order valence-corrected chi connectivity index (χ4v) is 3.62. The van der Waals surface area contributed by atoms with Gasteiger partial charge in [-0.25, -0.2) is 0 Å². The van der Waals surface area contributed by atoms with E-state index in [9.17, 15) is 4.79 Å². The molecule has 2 aromatic rings. The summed E-state index contributed by atoms with van der Waals surface area (Å²) in [6.07, 6.45) is 2.27. The second-order valence-electron chi connectivity index (χ2n) is 6.81. The number of likely N-dealkylation sites (N-methyl/N-ethyl adjacent to an activating group) is 1. The first kappa shape index (κ1) is 17.5. The number of aryl methyl sites for hydroxylation is 1. The maximum atomic E-state index is 12.5. The number of hydrogen-bond acceptors (Lipinski definition) is 9. The van der Waals surface area contributed by atoms with Crippen LogP contribution in [0.5, 0.6) is 0 Å². The van der Waals surface area contributed by atoms with Crippen LogP contribution in [0.25, 0.3) is 0 Å². The van der Waals surface area contributed by atoms with E-state index >= 15 is 0 Å². The lowest BCUT2D eigenvalue weighted by atomic mass is 10.1. The molecule has 1 unspecified atom stereocenters. The molecule has 140 valence electrons. The molecule has 26 heavy (non-hydrogen) atoms. The number of carbonyl (C=O) groups excluding carboxylic acids is 1. The summed E-state index contributed by atoms with van der Waals surface area (Å²) in [6.45, 7) is 4.19. The number of hydrogen-bond donors (Lipinski definition) is 0. The molecule has 1 saturated heterocycles. The Balaban J connectivity index is 1.32. The van der Waals surface area contributed by atoms with Crippen LogP contribution < -0.4 is 0 Å². The molecule has 1 aliphatic heterocycles. The number of aromatic nitrogens is 4. The third-order valence-corrected chi connectivity index (χ3v) is 5.52. The first-order valence-corrected chi connectivity index (χ1v) is 9.60. The molecule has 2 fully saturated rings. The molecular formula is C16H22N6O3S. The smallest absolute Gasteiger partial charge is 0.248 e. The van der Waals surface area contributed by atoms with Crippen LogP contribution in [0.3, 0.4) is 0 Å². The van der Waals surface area contributed by atoms with Crippen molar-refractivity contribution < 1.29 is 14.1 Å². The largest absolute Gasteiger partial charge is 0.364 e. The lowest BCUT2D eigenvalue weighted by Gasteiger charge is -2.37. The molecule has 0 radical (unpaired) electrons. The predicted octanol–water partition coefficient (Wildman–Crippen LogP) is 1.14. The second kappa shape index (κ2) is 7.37. The van der Waals surface area contributed by atoms with Gasteiger partial charge in [0.05, 0.1) is 0 Å². The molecule has 2 aromatic heterocycles. The Morgan fingerprint density at radius 1 is 1.35 bits per heavy atom. The van der Waals surface area contributed by atoms with Gasteiger partial charge in [-0.1, -0.05) is 16.5 Å². The molecule has 0 spiro atoms. The summed E-state index contributed by atoms with van der Waals surface area (Å²) < 4.78 is 11.0. The number of piperazine rings is 1. The molecule has 2 aliphatic rings. The quantitative estimate of drug-likeness (QED) is 0.738. The van der Waals surface area contributed by atoms with Gasteiger partial charge in [-0.05, 0) is 26.8 Å². The summed E-state index contributed by atoms with van der Waals surface area (Å²) in [7, 11) is 2.02. The lowest BCUT2D eigenvalue weighted by Crippen LogP contribution is -2.50. The van der Waals surface area contributed by atoms with E-state index in [2.05, 4.69) is 25.2 Å². The number of amides is 1. The minimum Gasteiger partial charge on any atom is -0.364 e. The van der Waals surface area contributed by atoms with Crippen molar-refractivity contribution in [3.63, 3.8) is 0 Å². The van der Waals surface area contributed by atoms with Crippen LogP contribution in [-0.4, -0.2) is 69.3 Å². The van der Waals surface area contributed by atoms with Gasteiger partial charge in [0.2, 0.25) is 11.8 Å². The van der Waals surface area contributed by atoms with Crippen LogP contribution in [0.4, 0.5) is 0 Å². The van der Waals surface area contributed by atoms with Gasteiger partial charge in [0.1, 0.15) is 29.3 Å². The molecule has 4 rings (SSSR count). The van der Waals surface area contributed by atoms with E-state index in [1.54, 1.807) is 4.90 Å². The maximum Gasteiger partial charge on any atom is 0.248 e. The summed E-state index contributed by atoms with van der Waals surface area (Å²) in [5.74, 6) is 1.81. The molecule has 1 atom stereocenters. The zero-order valence-electron chi connectivity index (χ0n) is 14.9. The van der Waals surface area contributed by atoms with E-state index in [0.29, 0.717) is 31.5 Å². The summed E-state index contributed by atoms with van der Waals surface area (Å²) >= 11 is 1.48.